The number of carbonyl (C=O) groups is 3. The summed E-state index contributed by atoms with van der Waals surface area (Å²) >= 11 is 3.49. The van der Waals surface area contributed by atoms with E-state index in [-0.39, 0.29) is 30.3 Å². The van der Waals surface area contributed by atoms with E-state index in [0.29, 0.717) is 31.6 Å². The molecule has 1 heterocycles. The van der Waals surface area contributed by atoms with Gasteiger partial charge in [0.2, 0.25) is 5.91 Å². The molecule has 1 aliphatic rings. The number of halogens is 1. The second-order valence-electron chi connectivity index (χ2n) is 11.8. The van der Waals surface area contributed by atoms with E-state index >= 15 is 0 Å². The van der Waals surface area contributed by atoms with Gasteiger partial charge in [0, 0.05) is 23.2 Å². The average molecular weight is 588 g/mol. The molecule has 206 valence electrons. The topological polar surface area (TPSA) is 84.9 Å². The van der Waals surface area contributed by atoms with Gasteiger partial charge in [-0.3, -0.25) is 9.59 Å². The van der Waals surface area contributed by atoms with Crippen LogP contribution >= 0.6 is 15.9 Å². The van der Waals surface area contributed by atoms with Gasteiger partial charge in [-0.15, -0.1) is 0 Å². The molecule has 0 aliphatic carbocycles. The predicted molar refractivity (Wildman–Crippen MR) is 152 cm³/mol. The monoisotopic (exact) mass is 586 g/mol. The van der Waals surface area contributed by atoms with Crippen molar-refractivity contribution in [2.45, 2.75) is 72.0 Å². The Kier molecular flexibility index (Phi) is 9.63. The molecule has 1 saturated heterocycles. The summed E-state index contributed by atoms with van der Waals surface area (Å²) in [4.78, 5) is 40.3. The fourth-order valence-corrected chi connectivity index (χ4v) is 4.90. The summed E-state index contributed by atoms with van der Waals surface area (Å²) in [5, 5.41) is 2.97. The molecule has 7 nitrogen and oxygen atoms in total. The van der Waals surface area contributed by atoms with Crippen molar-refractivity contribution in [3.63, 3.8) is 0 Å². The lowest BCUT2D eigenvalue weighted by molar-refractivity contribution is -0.162. The molecule has 0 unspecified atom stereocenters. The van der Waals surface area contributed by atoms with Crippen LogP contribution < -0.4 is 5.32 Å². The second kappa shape index (κ2) is 12.3. The zero-order valence-electron chi connectivity index (χ0n) is 23.2. The first-order chi connectivity index (χ1) is 17.7. The van der Waals surface area contributed by atoms with Crippen molar-refractivity contribution < 1.29 is 23.9 Å². The highest BCUT2D eigenvalue weighted by molar-refractivity contribution is 9.10. The number of carbonyl (C=O) groups excluding carboxylic acids is 3. The van der Waals surface area contributed by atoms with Crippen LogP contribution in [0, 0.1) is 11.8 Å². The molecule has 1 aliphatic heterocycles. The van der Waals surface area contributed by atoms with Crippen LogP contribution in [0.5, 0.6) is 0 Å². The summed E-state index contributed by atoms with van der Waals surface area (Å²) in [6.07, 6.45) is 1.01. The van der Waals surface area contributed by atoms with Gasteiger partial charge < -0.3 is 19.7 Å². The van der Waals surface area contributed by atoms with E-state index in [9.17, 15) is 14.4 Å². The van der Waals surface area contributed by atoms with E-state index in [2.05, 4.69) is 21.2 Å². The number of amides is 2. The zero-order chi connectivity index (χ0) is 28.1. The Morgan fingerprint density at radius 3 is 2.34 bits per heavy atom. The Bertz CT molecular complexity index is 1150. The molecule has 0 saturated carbocycles. The number of esters is 1. The number of hydrogen-bond donors (Lipinski definition) is 1. The van der Waals surface area contributed by atoms with Gasteiger partial charge in [0.1, 0.15) is 11.2 Å². The molecule has 0 aromatic heterocycles. The number of anilines is 1. The Hall–Kier alpha value is -2.87. The van der Waals surface area contributed by atoms with E-state index in [1.807, 2.05) is 90.1 Å². The molecule has 0 bridgehead atoms. The number of likely N-dealkylation sites (tertiary alicyclic amines) is 1. The van der Waals surface area contributed by atoms with Gasteiger partial charge in [-0.25, -0.2) is 4.79 Å². The molecule has 2 amide bonds. The average Bonchev–Trinajstić information content (AvgIpc) is 3.27. The largest absolute Gasteiger partial charge is 0.460 e. The van der Waals surface area contributed by atoms with Gasteiger partial charge >= 0.3 is 12.1 Å². The summed E-state index contributed by atoms with van der Waals surface area (Å²) in [6.45, 7) is 12.0. The van der Waals surface area contributed by atoms with E-state index < -0.39 is 17.1 Å². The first-order valence-corrected chi connectivity index (χ1v) is 13.8. The van der Waals surface area contributed by atoms with Crippen LogP contribution in [0.15, 0.2) is 53.0 Å². The normalized spacial score (nSPS) is 16.6. The number of ether oxygens (including phenoxy) is 2. The molecule has 2 aromatic carbocycles. The Labute approximate surface area is 234 Å². The third-order valence-corrected chi connectivity index (χ3v) is 6.90. The van der Waals surface area contributed by atoms with Crippen molar-refractivity contribution in [3.8, 4) is 0 Å². The third kappa shape index (κ3) is 9.15. The van der Waals surface area contributed by atoms with E-state index in [4.69, 9.17) is 9.47 Å². The van der Waals surface area contributed by atoms with E-state index in [1.165, 1.54) is 0 Å². The predicted octanol–water partition coefficient (Wildman–Crippen LogP) is 6.39. The maximum Gasteiger partial charge on any atom is 0.410 e. The Morgan fingerprint density at radius 2 is 1.68 bits per heavy atom. The van der Waals surface area contributed by atoms with Crippen molar-refractivity contribution in [1.82, 2.24) is 4.90 Å². The molecule has 38 heavy (non-hydrogen) atoms. The standard InChI is InChI=1S/C30H39BrN2O5/c1-29(2,3)37-27(35)24(22-14-15-33(19-22)28(36)38-30(4,5)6)17-20-10-9-12-23(16-20)32-26(34)18-21-11-7-8-13-25(21)31/h7-13,16,22,24H,14-15,17-19H2,1-6H3,(H,32,34)/t22-,24-/m0/s1. The maximum absolute atomic E-state index is 13.3. The van der Waals surface area contributed by atoms with E-state index in [0.717, 1.165) is 15.6 Å². The molecule has 1 fully saturated rings. The summed E-state index contributed by atoms with van der Waals surface area (Å²) in [6, 6.07) is 15.2. The molecule has 0 radical (unpaired) electrons. The van der Waals surface area contributed by atoms with Crippen LogP contribution in [0.3, 0.4) is 0 Å². The molecule has 2 aromatic rings. The van der Waals surface area contributed by atoms with Crippen LogP contribution in [0.2, 0.25) is 0 Å². The summed E-state index contributed by atoms with van der Waals surface area (Å²) in [5.74, 6) is -0.905. The SMILES string of the molecule is CC(C)(C)OC(=O)[C@@H](Cc1cccc(NC(=O)Cc2ccccc2Br)c1)[C@H]1CCN(C(=O)OC(C)(C)C)C1. The summed E-state index contributed by atoms with van der Waals surface area (Å²) in [7, 11) is 0. The first-order valence-electron chi connectivity index (χ1n) is 13.0. The van der Waals surface area contributed by atoms with Crippen LogP contribution in [-0.4, -0.2) is 47.2 Å². The minimum Gasteiger partial charge on any atom is -0.460 e. The van der Waals surface area contributed by atoms with Gasteiger partial charge in [-0.05, 0) is 89.6 Å². The maximum atomic E-state index is 13.3. The molecule has 1 N–H and O–H groups in total. The number of rotatable bonds is 7. The molecule has 3 rings (SSSR count). The van der Waals surface area contributed by atoms with Gasteiger partial charge in [-0.1, -0.05) is 46.3 Å². The summed E-state index contributed by atoms with van der Waals surface area (Å²) in [5.41, 5.74) is 1.28. The van der Waals surface area contributed by atoms with Crippen LogP contribution in [-0.2, 0) is 31.9 Å². The molecule has 2 atom stereocenters. The van der Waals surface area contributed by atoms with Crippen molar-refractivity contribution in [3.05, 3.63) is 64.1 Å². The molecular weight excluding hydrogens is 548 g/mol. The van der Waals surface area contributed by atoms with Crippen LogP contribution in [0.25, 0.3) is 0 Å². The zero-order valence-corrected chi connectivity index (χ0v) is 24.8. The fourth-order valence-electron chi connectivity index (χ4n) is 4.48. The van der Waals surface area contributed by atoms with Gasteiger partial charge in [0.15, 0.2) is 0 Å². The van der Waals surface area contributed by atoms with Crippen molar-refractivity contribution in [1.29, 1.82) is 0 Å². The van der Waals surface area contributed by atoms with Crippen LogP contribution in [0.4, 0.5) is 10.5 Å². The highest BCUT2D eigenvalue weighted by Crippen LogP contribution is 2.31. The number of nitrogens with zero attached hydrogens (tertiary/aromatic N) is 1. The lowest BCUT2D eigenvalue weighted by atomic mass is 9.86. The Morgan fingerprint density at radius 1 is 1.00 bits per heavy atom. The lowest BCUT2D eigenvalue weighted by Crippen LogP contribution is -2.38. The smallest absolute Gasteiger partial charge is 0.410 e. The number of nitrogens with one attached hydrogen (secondary N) is 1. The van der Waals surface area contributed by atoms with Crippen molar-refractivity contribution >= 4 is 39.6 Å². The first kappa shape index (κ1) is 29.7. The van der Waals surface area contributed by atoms with Crippen LogP contribution in [0.1, 0.15) is 59.1 Å². The van der Waals surface area contributed by atoms with Gasteiger partial charge in [-0.2, -0.15) is 0 Å². The molecule has 8 heteroatoms. The van der Waals surface area contributed by atoms with Crippen molar-refractivity contribution in [2.24, 2.45) is 11.8 Å². The van der Waals surface area contributed by atoms with Gasteiger partial charge in [0.25, 0.3) is 0 Å². The summed E-state index contributed by atoms with van der Waals surface area (Å²) < 4.78 is 12.2. The Balaban J connectivity index is 1.73. The minimum atomic E-state index is -0.625. The lowest BCUT2D eigenvalue weighted by Gasteiger charge is -2.28. The fraction of sp³-hybridized carbons (Fsp3) is 0.500. The van der Waals surface area contributed by atoms with E-state index in [1.54, 1.807) is 4.90 Å². The number of benzene rings is 2. The highest BCUT2D eigenvalue weighted by atomic mass is 79.9. The molecule has 0 spiro atoms. The highest BCUT2D eigenvalue weighted by Gasteiger charge is 2.39. The number of hydrogen-bond acceptors (Lipinski definition) is 5. The van der Waals surface area contributed by atoms with Crippen molar-refractivity contribution in [2.75, 3.05) is 18.4 Å². The quantitative estimate of drug-likeness (QED) is 0.380. The van der Waals surface area contributed by atoms with Gasteiger partial charge in [0.05, 0.1) is 12.3 Å². The molecular formula is C30H39BrN2O5. The third-order valence-electron chi connectivity index (χ3n) is 6.13. The minimum absolute atomic E-state index is 0.0638. The second-order valence-corrected chi connectivity index (χ2v) is 12.7.